The van der Waals surface area contributed by atoms with Gasteiger partial charge in [0.15, 0.2) is 0 Å². The Labute approximate surface area is 137 Å². The van der Waals surface area contributed by atoms with Crippen LogP contribution in [0.5, 0.6) is 0 Å². The summed E-state index contributed by atoms with van der Waals surface area (Å²) in [4.78, 5) is 1.42. The zero-order chi connectivity index (χ0) is 16.7. The monoisotopic (exact) mass is 338 g/mol. The molecule has 1 saturated carbocycles. The molecule has 23 heavy (non-hydrogen) atoms. The molecule has 1 aliphatic rings. The second kappa shape index (κ2) is 5.90. The molecule has 0 amide bonds. The van der Waals surface area contributed by atoms with Gasteiger partial charge in [-0.15, -0.1) is 0 Å². The molecule has 0 aliphatic heterocycles. The van der Waals surface area contributed by atoms with E-state index in [0.29, 0.717) is 11.2 Å². The zero-order valence-electron chi connectivity index (χ0n) is 13.3. The SMILES string of the molecule is CS(C)(c1ccccc1)[C@H]1C[C@@H]1Cc1ccc(C(F)(F)F)cc1. The number of hydrogen-bond acceptors (Lipinski definition) is 0. The first-order chi connectivity index (χ1) is 10.8. The van der Waals surface area contributed by atoms with Gasteiger partial charge in [0.1, 0.15) is 0 Å². The lowest BCUT2D eigenvalue weighted by atomic mass is 10.1. The van der Waals surface area contributed by atoms with Crippen LogP contribution in [0.1, 0.15) is 17.5 Å². The number of halogens is 3. The van der Waals surface area contributed by atoms with Crippen LogP contribution in [0, 0.1) is 5.92 Å². The lowest BCUT2D eigenvalue weighted by Gasteiger charge is -2.32. The number of rotatable bonds is 4. The molecule has 0 heterocycles. The highest BCUT2D eigenvalue weighted by Gasteiger charge is 2.45. The zero-order valence-corrected chi connectivity index (χ0v) is 14.1. The molecule has 0 aromatic heterocycles. The van der Waals surface area contributed by atoms with Gasteiger partial charge in [0, 0.05) is 0 Å². The second-order valence-corrected chi connectivity index (χ2v) is 10.5. The van der Waals surface area contributed by atoms with Gasteiger partial charge in [0.2, 0.25) is 0 Å². The highest BCUT2D eigenvalue weighted by atomic mass is 32.3. The average molecular weight is 338 g/mol. The van der Waals surface area contributed by atoms with Crippen molar-refractivity contribution in [3.63, 3.8) is 0 Å². The van der Waals surface area contributed by atoms with Gasteiger partial charge in [-0.05, 0) is 59.1 Å². The van der Waals surface area contributed by atoms with Crippen LogP contribution in [0.4, 0.5) is 13.2 Å². The smallest absolute Gasteiger partial charge is 0.217 e. The van der Waals surface area contributed by atoms with Crippen molar-refractivity contribution in [3.8, 4) is 0 Å². The first-order valence-electron chi connectivity index (χ1n) is 7.72. The summed E-state index contributed by atoms with van der Waals surface area (Å²) in [6, 6.07) is 16.2. The van der Waals surface area contributed by atoms with E-state index in [1.54, 1.807) is 12.1 Å². The molecule has 1 fully saturated rings. The van der Waals surface area contributed by atoms with Crippen molar-refractivity contribution in [2.45, 2.75) is 29.2 Å². The molecule has 0 radical (unpaired) electrons. The van der Waals surface area contributed by atoms with Gasteiger partial charge in [-0.2, -0.15) is 13.2 Å². The summed E-state index contributed by atoms with van der Waals surface area (Å²) in [7, 11) is -0.846. The van der Waals surface area contributed by atoms with Crippen molar-refractivity contribution in [2.75, 3.05) is 12.5 Å². The molecule has 2 aromatic rings. The minimum Gasteiger partial charge on any atom is -0.217 e. The van der Waals surface area contributed by atoms with Crippen LogP contribution in [-0.4, -0.2) is 17.8 Å². The Morgan fingerprint density at radius 2 is 1.57 bits per heavy atom. The van der Waals surface area contributed by atoms with Crippen molar-refractivity contribution >= 4 is 10.0 Å². The van der Waals surface area contributed by atoms with Gasteiger partial charge >= 0.3 is 6.18 Å². The highest BCUT2D eigenvalue weighted by Crippen LogP contribution is 2.65. The summed E-state index contributed by atoms with van der Waals surface area (Å²) in [5, 5.41) is 0.673. The van der Waals surface area contributed by atoms with Crippen LogP contribution in [0.3, 0.4) is 0 Å². The van der Waals surface area contributed by atoms with Gasteiger partial charge in [0.25, 0.3) is 0 Å². The van der Waals surface area contributed by atoms with E-state index in [-0.39, 0.29) is 0 Å². The number of benzene rings is 2. The van der Waals surface area contributed by atoms with E-state index < -0.39 is 21.8 Å². The van der Waals surface area contributed by atoms with Crippen LogP contribution in [0.2, 0.25) is 0 Å². The molecular formula is C19H21F3S. The van der Waals surface area contributed by atoms with Gasteiger partial charge in [0.05, 0.1) is 5.56 Å². The Bertz CT molecular complexity index is 659. The van der Waals surface area contributed by atoms with Crippen molar-refractivity contribution in [2.24, 2.45) is 5.92 Å². The van der Waals surface area contributed by atoms with E-state index in [2.05, 4.69) is 36.8 Å². The maximum Gasteiger partial charge on any atom is 0.416 e. The normalized spacial score (nSPS) is 22.0. The lowest BCUT2D eigenvalue weighted by Crippen LogP contribution is -2.07. The molecule has 0 saturated heterocycles. The topological polar surface area (TPSA) is 0 Å². The summed E-state index contributed by atoms with van der Waals surface area (Å²) in [5.41, 5.74) is 0.442. The predicted molar refractivity (Wildman–Crippen MR) is 91.2 cm³/mol. The molecule has 2 aromatic carbocycles. The minimum absolute atomic E-state index is 0.566. The van der Waals surface area contributed by atoms with Crippen LogP contribution >= 0.6 is 10.0 Å². The molecule has 0 bridgehead atoms. The Balaban J connectivity index is 1.65. The molecule has 4 heteroatoms. The third kappa shape index (κ3) is 3.57. The van der Waals surface area contributed by atoms with Crippen LogP contribution < -0.4 is 0 Å². The van der Waals surface area contributed by atoms with E-state index in [1.165, 1.54) is 23.4 Å². The van der Waals surface area contributed by atoms with Crippen LogP contribution in [-0.2, 0) is 12.6 Å². The molecule has 0 spiro atoms. The Kier molecular flexibility index (Phi) is 4.21. The first kappa shape index (κ1) is 16.4. The average Bonchev–Trinajstić information content (AvgIpc) is 3.28. The standard InChI is InChI=1S/C19H21F3S/c1-23(2,17-6-4-3-5-7-17)18-13-15(18)12-14-8-10-16(11-9-14)19(20,21)22/h3-11,15,18H,12-13H2,1-2H3/t15-,18-/m0/s1. The third-order valence-electron chi connectivity index (χ3n) is 4.74. The summed E-state index contributed by atoms with van der Waals surface area (Å²) >= 11 is 0. The van der Waals surface area contributed by atoms with E-state index in [4.69, 9.17) is 0 Å². The Morgan fingerprint density at radius 1 is 0.957 bits per heavy atom. The lowest BCUT2D eigenvalue weighted by molar-refractivity contribution is -0.137. The van der Waals surface area contributed by atoms with Gasteiger partial charge < -0.3 is 0 Å². The van der Waals surface area contributed by atoms with Crippen molar-refractivity contribution < 1.29 is 13.2 Å². The fraction of sp³-hybridized carbons (Fsp3) is 0.368. The molecule has 2 atom stereocenters. The fourth-order valence-electron chi connectivity index (χ4n) is 3.23. The summed E-state index contributed by atoms with van der Waals surface area (Å²) in [6.07, 6.45) is 2.50. The summed E-state index contributed by atoms with van der Waals surface area (Å²) in [5.74, 6) is 0.594. The molecule has 3 rings (SSSR count). The third-order valence-corrected chi connectivity index (χ3v) is 8.32. The van der Waals surface area contributed by atoms with Crippen molar-refractivity contribution in [3.05, 3.63) is 65.7 Å². The van der Waals surface area contributed by atoms with Gasteiger partial charge in [-0.3, -0.25) is 0 Å². The molecule has 0 N–H and O–H groups in total. The Hall–Kier alpha value is -1.42. The van der Waals surface area contributed by atoms with Crippen LogP contribution in [0.25, 0.3) is 0 Å². The van der Waals surface area contributed by atoms with Crippen molar-refractivity contribution in [1.29, 1.82) is 0 Å². The van der Waals surface area contributed by atoms with E-state index in [1.807, 2.05) is 6.07 Å². The van der Waals surface area contributed by atoms with E-state index >= 15 is 0 Å². The van der Waals surface area contributed by atoms with Gasteiger partial charge in [-0.1, -0.05) is 42.5 Å². The molecule has 124 valence electrons. The molecule has 0 unspecified atom stereocenters. The quantitative estimate of drug-likeness (QED) is 0.665. The maximum absolute atomic E-state index is 12.6. The van der Waals surface area contributed by atoms with E-state index in [0.717, 1.165) is 12.0 Å². The predicted octanol–water partition coefficient (Wildman–Crippen LogP) is 5.76. The first-order valence-corrected chi connectivity index (χ1v) is 10.2. The highest BCUT2D eigenvalue weighted by molar-refractivity contribution is 8.33. The summed E-state index contributed by atoms with van der Waals surface area (Å²) < 4.78 is 37.8. The Morgan fingerprint density at radius 3 is 2.13 bits per heavy atom. The molecular weight excluding hydrogens is 317 g/mol. The molecule has 1 aliphatic carbocycles. The summed E-state index contributed by atoms with van der Waals surface area (Å²) in [6.45, 7) is 0. The number of alkyl halides is 3. The molecule has 0 nitrogen and oxygen atoms in total. The second-order valence-electron chi connectivity index (χ2n) is 6.65. The van der Waals surface area contributed by atoms with Crippen molar-refractivity contribution in [1.82, 2.24) is 0 Å². The number of hydrogen-bond donors (Lipinski definition) is 0. The maximum atomic E-state index is 12.6. The minimum atomic E-state index is -4.25. The van der Waals surface area contributed by atoms with Crippen LogP contribution in [0.15, 0.2) is 59.5 Å². The largest absolute Gasteiger partial charge is 0.416 e. The van der Waals surface area contributed by atoms with E-state index in [9.17, 15) is 13.2 Å². The van der Waals surface area contributed by atoms with Gasteiger partial charge in [-0.25, -0.2) is 10.0 Å². The fourth-order valence-corrected chi connectivity index (χ4v) is 6.23.